The van der Waals surface area contributed by atoms with Crippen LogP contribution in [0.2, 0.25) is 0 Å². The summed E-state index contributed by atoms with van der Waals surface area (Å²) in [7, 11) is 3.17. The summed E-state index contributed by atoms with van der Waals surface area (Å²) < 4.78 is 50.6. The highest BCUT2D eigenvalue weighted by atomic mass is 19.4. The van der Waals surface area contributed by atoms with Gasteiger partial charge in [0.25, 0.3) is 0 Å². The molecule has 2 aromatic rings. The van der Waals surface area contributed by atoms with Crippen molar-refractivity contribution in [2.75, 3.05) is 56.8 Å². The first-order valence-electron chi connectivity index (χ1n) is 10.9. The predicted molar refractivity (Wildman–Crippen MR) is 120 cm³/mol. The molecule has 2 aliphatic rings. The molecule has 0 radical (unpaired) electrons. The van der Waals surface area contributed by atoms with Gasteiger partial charge in [-0.05, 0) is 42.3 Å². The monoisotopic (exact) mass is 463 g/mol. The molecule has 1 amide bonds. The number of methoxy groups -OCH3 is 2. The maximum absolute atomic E-state index is 13.3. The van der Waals surface area contributed by atoms with E-state index in [0.717, 1.165) is 23.2 Å². The SMILES string of the molecule is COCCNC(=O)[C@@H]1Cc2cc(C(F)(F)F)ccc2N2CCN(c3ccccc3OC)C[C@@H]12. The lowest BCUT2D eigenvalue weighted by atomic mass is 9.82. The molecule has 2 heterocycles. The van der Waals surface area contributed by atoms with Crippen LogP contribution in [0.1, 0.15) is 11.1 Å². The lowest BCUT2D eigenvalue weighted by molar-refractivity contribution is -0.137. The van der Waals surface area contributed by atoms with Crippen molar-refractivity contribution >= 4 is 17.3 Å². The Morgan fingerprint density at radius 1 is 1.12 bits per heavy atom. The molecule has 2 atom stereocenters. The highest BCUT2D eigenvalue weighted by molar-refractivity contribution is 5.82. The zero-order valence-electron chi connectivity index (χ0n) is 18.7. The molecular weight excluding hydrogens is 435 g/mol. The Bertz CT molecular complexity index is 998. The highest BCUT2D eigenvalue weighted by Crippen LogP contribution is 2.41. The summed E-state index contributed by atoms with van der Waals surface area (Å²) in [4.78, 5) is 17.4. The van der Waals surface area contributed by atoms with Crippen molar-refractivity contribution in [3.63, 3.8) is 0 Å². The van der Waals surface area contributed by atoms with Crippen molar-refractivity contribution in [2.45, 2.75) is 18.6 Å². The van der Waals surface area contributed by atoms with Crippen LogP contribution in [0.15, 0.2) is 42.5 Å². The van der Waals surface area contributed by atoms with Crippen molar-refractivity contribution in [2.24, 2.45) is 5.92 Å². The van der Waals surface area contributed by atoms with E-state index in [1.807, 2.05) is 24.3 Å². The maximum Gasteiger partial charge on any atom is 0.416 e. The largest absolute Gasteiger partial charge is 0.495 e. The number of hydrogen-bond acceptors (Lipinski definition) is 5. The number of carbonyl (C=O) groups excluding carboxylic acids is 1. The number of carbonyl (C=O) groups is 1. The minimum absolute atomic E-state index is 0.174. The standard InChI is InChI=1S/C24H28F3N3O3/c1-32-12-9-28-23(31)18-14-16-13-17(24(25,26)27)7-8-19(16)30-11-10-29(15-21(18)30)20-5-3-4-6-22(20)33-2/h3-8,13,18,21H,9-12,14-15H2,1-2H3,(H,28,31)/t18-,21+/m1/s1. The van der Waals surface area contributed by atoms with E-state index in [4.69, 9.17) is 9.47 Å². The summed E-state index contributed by atoms with van der Waals surface area (Å²) >= 11 is 0. The molecule has 1 N–H and O–H groups in total. The fourth-order valence-corrected chi connectivity index (χ4v) is 4.82. The van der Waals surface area contributed by atoms with Crippen LogP contribution in [0, 0.1) is 5.92 Å². The molecule has 0 aromatic heterocycles. The summed E-state index contributed by atoms with van der Waals surface area (Å²) in [5.74, 6) is 0.0837. The summed E-state index contributed by atoms with van der Waals surface area (Å²) in [6.07, 6.45) is -4.18. The molecular formula is C24H28F3N3O3. The zero-order chi connectivity index (χ0) is 23.6. The molecule has 0 aliphatic carbocycles. The Hall–Kier alpha value is -2.94. The zero-order valence-corrected chi connectivity index (χ0v) is 18.7. The number of nitrogens with zero attached hydrogens (tertiary/aromatic N) is 2. The van der Waals surface area contributed by atoms with Gasteiger partial charge in [0.1, 0.15) is 5.75 Å². The van der Waals surface area contributed by atoms with E-state index in [1.165, 1.54) is 6.07 Å². The van der Waals surface area contributed by atoms with Gasteiger partial charge in [0.05, 0.1) is 36.9 Å². The molecule has 0 saturated carbocycles. The third-order valence-corrected chi connectivity index (χ3v) is 6.41. The summed E-state index contributed by atoms with van der Waals surface area (Å²) in [5.41, 5.74) is 1.58. The molecule has 0 bridgehead atoms. The number of halogens is 3. The van der Waals surface area contributed by atoms with Crippen LogP contribution >= 0.6 is 0 Å². The van der Waals surface area contributed by atoms with Gasteiger partial charge < -0.3 is 24.6 Å². The number of fused-ring (bicyclic) bond motifs is 3. The molecule has 2 aromatic carbocycles. The number of alkyl halides is 3. The number of ether oxygens (including phenoxy) is 2. The van der Waals surface area contributed by atoms with E-state index < -0.39 is 17.7 Å². The molecule has 0 spiro atoms. The van der Waals surface area contributed by atoms with E-state index in [0.29, 0.717) is 38.3 Å². The third-order valence-electron chi connectivity index (χ3n) is 6.41. The van der Waals surface area contributed by atoms with Crippen LogP contribution in [0.3, 0.4) is 0 Å². The van der Waals surface area contributed by atoms with E-state index in [1.54, 1.807) is 20.3 Å². The molecule has 9 heteroatoms. The number of nitrogens with one attached hydrogen (secondary N) is 1. The van der Waals surface area contributed by atoms with Gasteiger partial charge in [-0.2, -0.15) is 13.2 Å². The molecule has 6 nitrogen and oxygen atoms in total. The van der Waals surface area contributed by atoms with E-state index in [2.05, 4.69) is 15.1 Å². The van der Waals surface area contributed by atoms with Crippen molar-refractivity contribution in [3.05, 3.63) is 53.6 Å². The Morgan fingerprint density at radius 3 is 2.64 bits per heavy atom. The van der Waals surface area contributed by atoms with Gasteiger partial charge in [-0.25, -0.2) is 0 Å². The van der Waals surface area contributed by atoms with Gasteiger partial charge in [-0.15, -0.1) is 0 Å². The van der Waals surface area contributed by atoms with Crippen LogP contribution in [-0.2, 0) is 22.1 Å². The number of rotatable bonds is 6. The van der Waals surface area contributed by atoms with Gasteiger partial charge in [-0.1, -0.05) is 12.1 Å². The Labute approximate surface area is 191 Å². The molecule has 1 fully saturated rings. The lowest BCUT2D eigenvalue weighted by Crippen LogP contribution is -2.61. The summed E-state index contributed by atoms with van der Waals surface area (Å²) in [6.45, 7) is 2.53. The number of hydrogen-bond donors (Lipinski definition) is 1. The Morgan fingerprint density at radius 2 is 1.91 bits per heavy atom. The van der Waals surface area contributed by atoms with Crippen molar-refractivity contribution in [1.82, 2.24) is 5.32 Å². The van der Waals surface area contributed by atoms with Gasteiger partial charge in [0.15, 0.2) is 0 Å². The van der Waals surface area contributed by atoms with Crippen LogP contribution in [0.5, 0.6) is 5.75 Å². The van der Waals surface area contributed by atoms with Crippen LogP contribution in [0.4, 0.5) is 24.5 Å². The molecule has 4 rings (SSSR count). The smallest absolute Gasteiger partial charge is 0.416 e. The van der Waals surface area contributed by atoms with Gasteiger partial charge in [0.2, 0.25) is 5.91 Å². The minimum atomic E-state index is -4.43. The number of anilines is 2. The Balaban J connectivity index is 1.66. The molecule has 1 saturated heterocycles. The minimum Gasteiger partial charge on any atom is -0.495 e. The second kappa shape index (κ2) is 9.51. The van der Waals surface area contributed by atoms with Crippen molar-refractivity contribution in [1.29, 1.82) is 0 Å². The van der Waals surface area contributed by atoms with Crippen LogP contribution in [0.25, 0.3) is 0 Å². The van der Waals surface area contributed by atoms with Crippen LogP contribution < -0.4 is 19.9 Å². The van der Waals surface area contributed by atoms with E-state index >= 15 is 0 Å². The summed E-state index contributed by atoms with van der Waals surface area (Å²) in [6, 6.07) is 11.4. The first kappa shape index (κ1) is 23.2. The number of piperazine rings is 1. The third kappa shape index (κ3) is 4.73. The van der Waals surface area contributed by atoms with Gasteiger partial charge in [-0.3, -0.25) is 4.79 Å². The quantitative estimate of drug-likeness (QED) is 0.666. The Kier molecular flexibility index (Phi) is 6.69. The first-order valence-corrected chi connectivity index (χ1v) is 10.9. The van der Waals surface area contributed by atoms with Crippen molar-refractivity contribution in [3.8, 4) is 5.75 Å². The van der Waals surface area contributed by atoms with Gasteiger partial charge in [0, 0.05) is 39.0 Å². The molecule has 0 unspecified atom stereocenters. The highest BCUT2D eigenvalue weighted by Gasteiger charge is 2.43. The topological polar surface area (TPSA) is 54.0 Å². The molecule has 178 valence electrons. The van der Waals surface area contributed by atoms with E-state index in [9.17, 15) is 18.0 Å². The fourth-order valence-electron chi connectivity index (χ4n) is 4.82. The first-order chi connectivity index (χ1) is 15.8. The normalized spacial score (nSPS) is 20.2. The average Bonchev–Trinajstić information content (AvgIpc) is 2.82. The van der Waals surface area contributed by atoms with Crippen molar-refractivity contribution < 1.29 is 27.4 Å². The molecule has 33 heavy (non-hydrogen) atoms. The lowest BCUT2D eigenvalue weighted by Gasteiger charge is -2.49. The summed E-state index contributed by atoms with van der Waals surface area (Å²) in [5, 5.41) is 2.88. The molecule has 2 aliphatic heterocycles. The van der Waals surface area contributed by atoms with E-state index in [-0.39, 0.29) is 18.4 Å². The number of amides is 1. The number of para-hydroxylation sites is 2. The maximum atomic E-state index is 13.3. The predicted octanol–water partition coefficient (Wildman–Crippen LogP) is 3.34. The number of benzene rings is 2. The average molecular weight is 464 g/mol. The van der Waals surface area contributed by atoms with Crippen LogP contribution in [-0.4, -0.2) is 59.0 Å². The second-order valence-corrected chi connectivity index (χ2v) is 8.31. The second-order valence-electron chi connectivity index (χ2n) is 8.31. The van der Waals surface area contributed by atoms with Gasteiger partial charge >= 0.3 is 6.18 Å². The fraction of sp³-hybridized carbons (Fsp3) is 0.458.